The third-order valence-electron chi connectivity index (χ3n) is 1.58. The summed E-state index contributed by atoms with van der Waals surface area (Å²) >= 11 is 0. The molecule has 1 aliphatic heterocycles. The molecule has 0 bridgehead atoms. The lowest BCUT2D eigenvalue weighted by atomic mass is 10.2. The van der Waals surface area contributed by atoms with E-state index in [9.17, 15) is 4.79 Å². The lowest BCUT2D eigenvalue weighted by Gasteiger charge is -2.03. The SMILES string of the molecule is C=C1CP[C@H](C(=O)OC)C1. The Morgan fingerprint density at radius 1 is 1.90 bits per heavy atom. The maximum absolute atomic E-state index is 10.9. The maximum Gasteiger partial charge on any atom is 0.313 e. The highest BCUT2D eigenvalue weighted by atomic mass is 31.1. The first kappa shape index (κ1) is 7.74. The summed E-state index contributed by atoms with van der Waals surface area (Å²) in [5.74, 6) is -0.0722. The minimum Gasteiger partial charge on any atom is -0.469 e. The molecular formula is C7H11O2P. The minimum atomic E-state index is -0.0722. The van der Waals surface area contributed by atoms with Crippen LogP contribution < -0.4 is 0 Å². The van der Waals surface area contributed by atoms with Crippen LogP contribution >= 0.6 is 8.58 Å². The summed E-state index contributed by atoms with van der Waals surface area (Å²) in [6, 6.07) is 0. The molecule has 2 atom stereocenters. The van der Waals surface area contributed by atoms with Crippen LogP contribution in [0.25, 0.3) is 0 Å². The van der Waals surface area contributed by atoms with E-state index in [4.69, 9.17) is 0 Å². The van der Waals surface area contributed by atoms with Crippen molar-refractivity contribution in [3.05, 3.63) is 12.2 Å². The molecule has 0 aromatic heterocycles. The summed E-state index contributed by atoms with van der Waals surface area (Å²) in [5, 5.41) is 0. The van der Waals surface area contributed by atoms with Gasteiger partial charge in [0, 0.05) is 0 Å². The lowest BCUT2D eigenvalue weighted by Crippen LogP contribution is -2.14. The molecule has 1 fully saturated rings. The fourth-order valence-electron chi connectivity index (χ4n) is 1.01. The van der Waals surface area contributed by atoms with E-state index in [1.165, 1.54) is 12.7 Å². The molecule has 0 aliphatic carbocycles. The van der Waals surface area contributed by atoms with E-state index >= 15 is 0 Å². The van der Waals surface area contributed by atoms with Crippen molar-refractivity contribution in [2.75, 3.05) is 13.3 Å². The van der Waals surface area contributed by atoms with Gasteiger partial charge in [0.25, 0.3) is 0 Å². The molecule has 1 saturated heterocycles. The van der Waals surface area contributed by atoms with E-state index < -0.39 is 0 Å². The predicted molar refractivity (Wildman–Crippen MR) is 42.7 cm³/mol. The topological polar surface area (TPSA) is 26.3 Å². The average Bonchev–Trinajstić information content (AvgIpc) is 2.34. The zero-order chi connectivity index (χ0) is 7.56. The van der Waals surface area contributed by atoms with Gasteiger partial charge in [-0.2, -0.15) is 0 Å². The summed E-state index contributed by atoms with van der Waals surface area (Å²) in [5.41, 5.74) is 1.31. The number of carbonyl (C=O) groups is 1. The number of esters is 1. The van der Waals surface area contributed by atoms with Crippen molar-refractivity contribution in [1.82, 2.24) is 0 Å². The minimum absolute atomic E-state index is 0.0722. The molecule has 0 spiro atoms. The Kier molecular flexibility index (Phi) is 2.44. The molecule has 3 heteroatoms. The number of ether oxygens (including phenoxy) is 1. The summed E-state index contributed by atoms with van der Waals surface area (Å²) < 4.78 is 4.61. The van der Waals surface area contributed by atoms with Crippen LogP contribution in [0.4, 0.5) is 0 Å². The molecule has 0 saturated carbocycles. The Bertz CT molecular complexity index is 165. The van der Waals surface area contributed by atoms with Crippen LogP contribution in [-0.2, 0) is 9.53 Å². The Balaban J connectivity index is 2.44. The van der Waals surface area contributed by atoms with Crippen molar-refractivity contribution < 1.29 is 9.53 Å². The second kappa shape index (κ2) is 3.16. The zero-order valence-electron chi connectivity index (χ0n) is 6.02. The van der Waals surface area contributed by atoms with E-state index in [2.05, 4.69) is 11.3 Å². The molecule has 0 aromatic rings. The third-order valence-corrected chi connectivity index (χ3v) is 3.21. The second-order valence-electron chi connectivity index (χ2n) is 2.41. The maximum atomic E-state index is 10.9. The summed E-state index contributed by atoms with van der Waals surface area (Å²) in [7, 11) is 2.13. The molecule has 1 aliphatic rings. The second-order valence-corrected chi connectivity index (χ2v) is 3.87. The summed E-state index contributed by atoms with van der Waals surface area (Å²) in [4.78, 5) is 10.9. The fraction of sp³-hybridized carbons (Fsp3) is 0.571. The van der Waals surface area contributed by atoms with Gasteiger partial charge in [-0.05, 0) is 12.6 Å². The molecule has 1 heterocycles. The van der Waals surface area contributed by atoms with Gasteiger partial charge < -0.3 is 4.74 Å². The first-order chi connectivity index (χ1) is 4.74. The highest BCUT2D eigenvalue weighted by Gasteiger charge is 2.25. The van der Waals surface area contributed by atoms with Gasteiger partial charge in [0.1, 0.15) is 0 Å². The molecule has 1 unspecified atom stereocenters. The molecule has 10 heavy (non-hydrogen) atoms. The standard InChI is InChI=1S/C7H11O2P/c1-5-3-6(10-4-5)7(8)9-2/h6,10H,1,3-4H2,2H3/t6-/m0/s1. The number of hydrogen-bond donors (Lipinski definition) is 0. The van der Waals surface area contributed by atoms with E-state index in [1.807, 2.05) is 0 Å². The number of allylic oxidation sites excluding steroid dienone is 1. The van der Waals surface area contributed by atoms with Crippen molar-refractivity contribution in [3.8, 4) is 0 Å². The smallest absolute Gasteiger partial charge is 0.313 e. The van der Waals surface area contributed by atoms with Crippen LogP contribution in [0.15, 0.2) is 12.2 Å². The van der Waals surface area contributed by atoms with Crippen LogP contribution in [0.3, 0.4) is 0 Å². The van der Waals surface area contributed by atoms with Gasteiger partial charge in [0.05, 0.1) is 12.8 Å². The highest BCUT2D eigenvalue weighted by Crippen LogP contribution is 2.35. The first-order valence-electron chi connectivity index (χ1n) is 3.22. The number of rotatable bonds is 1. The van der Waals surface area contributed by atoms with Crippen molar-refractivity contribution in [1.29, 1.82) is 0 Å². The fourth-order valence-corrected chi connectivity index (χ4v) is 2.41. The largest absolute Gasteiger partial charge is 0.469 e. The van der Waals surface area contributed by atoms with Gasteiger partial charge in [-0.3, -0.25) is 4.79 Å². The third kappa shape index (κ3) is 1.57. The lowest BCUT2D eigenvalue weighted by molar-refractivity contribution is -0.139. The Morgan fingerprint density at radius 3 is 3.00 bits per heavy atom. The quantitative estimate of drug-likeness (QED) is 0.325. The monoisotopic (exact) mass is 158 g/mol. The van der Waals surface area contributed by atoms with E-state index in [0.717, 1.165) is 12.6 Å². The van der Waals surface area contributed by atoms with Crippen molar-refractivity contribution in [2.45, 2.75) is 12.1 Å². The van der Waals surface area contributed by atoms with Crippen LogP contribution in [0.5, 0.6) is 0 Å². The molecule has 56 valence electrons. The van der Waals surface area contributed by atoms with Crippen LogP contribution in [0.1, 0.15) is 6.42 Å². The Hall–Kier alpha value is -0.360. The number of methoxy groups -OCH3 is 1. The van der Waals surface area contributed by atoms with E-state index in [1.54, 1.807) is 0 Å². The predicted octanol–water partition coefficient (Wildman–Crippen LogP) is 1.17. The van der Waals surface area contributed by atoms with Gasteiger partial charge in [0.2, 0.25) is 0 Å². The molecular weight excluding hydrogens is 147 g/mol. The van der Waals surface area contributed by atoms with Gasteiger partial charge >= 0.3 is 5.97 Å². The molecule has 0 N–H and O–H groups in total. The average molecular weight is 158 g/mol. The molecule has 2 nitrogen and oxygen atoms in total. The van der Waals surface area contributed by atoms with Gasteiger partial charge in [-0.25, -0.2) is 0 Å². The summed E-state index contributed by atoms with van der Waals surface area (Å²) in [6.45, 7) is 3.82. The van der Waals surface area contributed by atoms with Crippen molar-refractivity contribution in [2.24, 2.45) is 0 Å². The summed E-state index contributed by atoms with van der Waals surface area (Å²) in [6.07, 6.45) is 1.85. The zero-order valence-corrected chi connectivity index (χ0v) is 7.02. The normalized spacial score (nSPS) is 27.3. The van der Waals surface area contributed by atoms with Gasteiger partial charge in [-0.1, -0.05) is 12.2 Å². The van der Waals surface area contributed by atoms with Crippen LogP contribution in [0, 0.1) is 0 Å². The number of carbonyl (C=O) groups excluding carboxylic acids is 1. The van der Waals surface area contributed by atoms with E-state index in [-0.39, 0.29) is 11.6 Å². The first-order valence-corrected chi connectivity index (χ1v) is 4.50. The van der Waals surface area contributed by atoms with Gasteiger partial charge in [-0.15, -0.1) is 8.58 Å². The Morgan fingerprint density at radius 2 is 2.60 bits per heavy atom. The molecule has 0 aromatic carbocycles. The highest BCUT2D eigenvalue weighted by molar-refractivity contribution is 7.41. The number of hydrogen-bond acceptors (Lipinski definition) is 2. The molecule has 0 radical (unpaired) electrons. The Labute approximate surface area is 62.4 Å². The van der Waals surface area contributed by atoms with E-state index in [0.29, 0.717) is 8.58 Å². The van der Waals surface area contributed by atoms with Crippen molar-refractivity contribution >= 4 is 14.6 Å². The van der Waals surface area contributed by atoms with Crippen LogP contribution in [-0.4, -0.2) is 24.9 Å². The molecule has 0 amide bonds. The van der Waals surface area contributed by atoms with Gasteiger partial charge in [0.15, 0.2) is 0 Å². The molecule has 1 rings (SSSR count). The van der Waals surface area contributed by atoms with Crippen LogP contribution in [0.2, 0.25) is 0 Å². The van der Waals surface area contributed by atoms with Crippen molar-refractivity contribution in [3.63, 3.8) is 0 Å².